The molecular weight excluding hydrogens is 344 g/mol. The molecule has 0 aromatic carbocycles. The lowest BCUT2D eigenvalue weighted by Gasteiger charge is -2.60. The Hall–Kier alpha value is -1.04. The van der Waals surface area contributed by atoms with E-state index >= 15 is 0 Å². The van der Waals surface area contributed by atoms with Gasteiger partial charge in [0.1, 0.15) is 11.7 Å². The van der Waals surface area contributed by atoms with Gasteiger partial charge >= 0.3 is 0 Å². The highest BCUT2D eigenvalue weighted by Crippen LogP contribution is 2.75. The standard InChI is InChI=1S/C22H30O5/c1-10(2)20-17(27-20)12(4)22(25)19(6)8-7-14(13(5)23)11(3)15(19)9-16-21(22,26-16)18(20)24/h10,12,15-17,25H,7-9H2,1-6H3/t12?,15-,16-,17-,19-,20-,21+,22+/m0/s1. The third-order valence-corrected chi connectivity index (χ3v) is 9.05. The molecule has 1 spiro atoms. The number of allylic oxidation sites excluding steroid dienone is 2. The SMILES string of the molecule is CC(=O)C1=C(C)[C@@H]2C[C@@H]3O[C@@]34C(=O)[C@@]3(C(C)C)O[C@H]3C(C)[C@@]4(O)[C@@]2(C)CC1. The van der Waals surface area contributed by atoms with Gasteiger partial charge in [0.05, 0.1) is 6.10 Å². The number of hydrogen-bond donors (Lipinski definition) is 1. The van der Waals surface area contributed by atoms with Crippen molar-refractivity contribution in [2.45, 2.75) is 89.8 Å². The third kappa shape index (κ3) is 1.59. The van der Waals surface area contributed by atoms with Crippen LogP contribution in [-0.4, -0.2) is 45.7 Å². The van der Waals surface area contributed by atoms with E-state index in [0.29, 0.717) is 19.3 Å². The Balaban J connectivity index is 1.67. The normalized spacial score (nSPS) is 55.5. The second-order valence-electron chi connectivity index (χ2n) is 10.1. The van der Waals surface area contributed by atoms with Gasteiger partial charge in [0.2, 0.25) is 5.78 Å². The molecule has 27 heavy (non-hydrogen) atoms. The van der Waals surface area contributed by atoms with Gasteiger partial charge in [-0.1, -0.05) is 33.3 Å². The number of fused-ring (bicyclic) bond motifs is 3. The van der Waals surface area contributed by atoms with Gasteiger partial charge in [-0.2, -0.15) is 0 Å². The molecule has 3 aliphatic carbocycles. The van der Waals surface area contributed by atoms with E-state index in [4.69, 9.17) is 9.47 Å². The van der Waals surface area contributed by atoms with Crippen LogP contribution in [0.3, 0.4) is 0 Å². The predicted molar refractivity (Wildman–Crippen MR) is 98.0 cm³/mol. The van der Waals surface area contributed by atoms with Gasteiger partial charge in [0.15, 0.2) is 17.0 Å². The molecule has 2 saturated carbocycles. The molecule has 5 aliphatic rings. The van der Waals surface area contributed by atoms with Gasteiger partial charge in [0, 0.05) is 11.3 Å². The van der Waals surface area contributed by atoms with Crippen LogP contribution in [0.15, 0.2) is 11.1 Å². The van der Waals surface area contributed by atoms with Crippen molar-refractivity contribution in [1.82, 2.24) is 0 Å². The Bertz CT molecular complexity index is 814. The Kier molecular flexibility index (Phi) is 3.17. The van der Waals surface area contributed by atoms with E-state index < -0.39 is 22.2 Å². The maximum absolute atomic E-state index is 13.7. The van der Waals surface area contributed by atoms with Crippen molar-refractivity contribution in [3.8, 4) is 0 Å². The van der Waals surface area contributed by atoms with E-state index in [9.17, 15) is 14.7 Å². The van der Waals surface area contributed by atoms with Gasteiger partial charge in [-0.05, 0) is 50.5 Å². The van der Waals surface area contributed by atoms with Crippen LogP contribution in [-0.2, 0) is 19.1 Å². The smallest absolute Gasteiger partial charge is 0.205 e. The number of Topliss-reactive ketones (excluding diaryl/α,β-unsaturated/α-hetero) is 2. The fourth-order valence-electron chi connectivity index (χ4n) is 7.47. The Morgan fingerprint density at radius 1 is 1.30 bits per heavy atom. The van der Waals surface area contributed by atoms with Crippen molar-refractivity contribution in [2.24, 2.45) is 23.2 Å². The monoisotopic (exact) mass is 374 g/mol. The first-order valence-corrected chi connectivity index (χ1v) is 10.3. The van der Waals surface area contributed by atoms with E-state index in [1.54, 1.807) is 6.92 Å². The van der Waals surface area contributed by atoms with Crippen LogP contribution in [0.2, 0.25) is 0 Å². The number of carbonyl (C=O) groups excluding carboxylic acids is 2. The van der Waals surface area contributed by atoms with Crippen molar-refractivity contribution in [1.29, 1.82) is 0 Å². The summed E-state index contributed by atoms with van der Waals surface area (Å²) in [4.78, 5) is 25.8. The molecule has 5 nitrogen and oxygen atoms in total. The Morgan fingerprint density at radius 3 is 2.56 bits per heavy atom. The van der Waals surface area contributed by atoms with Crippen LogP contribution in [0.1, 0.15) is 60.8 Å². The number of ether oxygens (including phenoxy) is 2. The second-order valence-corrected chi connectivity index (χ2v) is 10.1. The van der Waals surface area contributed by atoms with Gasteiger partial charge < -0.3 is 14.6 Å². The average Bonchev–Trinajstić information content (AvgIpc) is 3.48. The van der Waals surface area contributed by atoms with E-state index in [0.717, 1.165) is 11.1 Å². The molecule has 2 aliphatic heterocycles. The molecule has 8 atom stereocenters. The quantitative estimate of drug-likeness (QED) is 0.752. The van der Waals surface area contributed by atoms with Crippen LogP contribution in [0.4, 0.5) is 0 Å². The molecule has 148 valence electrons. The highest BCUT2D eigenvalue weighted by molar-refractivity contribution is 6.03. The molecule has 0 aromatic heterocycles. The molecule has 0 bridgehead atoms. The molecule has 0 amide bonds. The summed E-state index contributed by atoms with van der Waals surface area (Å²) in [6.07, 6.45) is 1.51. The largest absolute Gasteiger partial charge is 0.385 e. The summed E-state index contributed by atoms with van der Waals surface area (Å²) < 4.78 is 12.2. The topological polar surface area (TPSA) is 79.4 Å². The zero-order valence-electron chi connectivity index (χ0n) is 17.1. The number of carbonyl (C=O) groups is 2. The molecule has 2 heterocycles. The van der Waals surface area contributed by atoms with Gasteiger partial charge in [-0.3, -0.25) is 9.59 Å². The molecule has 5 heteroatoms. The first-order valence-electron chi connectivity index (χ1n) is 10.3. The second kappa shape index (κ2) is 4.74. The van der Waals surface area contributed by atoms with E-state index in [1.165, 1.54) is 0 Å². The minimum Gasteiger partial charge on any atom is -0.385 e. The molecular formula is C22H30O5. The molecule has 5 rings (SSSR count). The summed E-state index contributed by atoms with van der Waals surface area (Å²) in [7, 11) is 0. The fraction of sp³-hybridized carbons (Fsp3) is 0.818. The van der Waals surface area contributed by atoms with E-state index in [1.807, 2.05) is 27.7 Å². The van der Waals surface area contributed by atoms with Gasteiger partial charge in [-0.25, -0.2) is 0 Å². The summed E-state index contributed by atoms with van der Waals surface area (Å²) in [6, 6.07) is 0. The predicted octanol–water partition coefficient (Wildman–Crippen LogP) is 2.59. The number of aliphatic hydroxyl groups is 1. The lowest BCUT2D eigenvalue weighted by molar-refractivity contribution is -0.206. The lowest BCUT2D eigenvalue weighted by Crippen LogP contribution is -2.75. The molecule has 0 aromatic rings. The molecule has 1 N–H and O–H groups in total. The minimum atomic E-state index is -1.27. The summed E-state index contributed by atoms with van der Waals surface area (Å²) in [5, 5.41) is 12.3. The van der Waals surface area contributed by atoms with Crippen LogP contribution in [0.5, 0.6) is 0 Å². The minimum absolute atomic E-state index is 0.0423. The van der Waals surface area contributed by atoms with Crippen LogP contribution >= 0.6 is 0 Å². The van der Waals surface area contributed by atoms with E-state index in [2.05, 4.69) is 6.92 Å². The first-order chi connectivity index (χ1) is 12.5. The lowest BCUT2D eigenvalue weighted by atomic mass is 9.42. The highest BCUT2D eigenvalue weighted by atomic mass is 16.7. The third-order valence-electron chi connectivity index (χ3n) is 9.05. The first kappa shape index (κ1) is 18.0. The maximum atomic E-state index is 13.7. The molecule has 4 fully saturated rings. The van der Waals surface area contributed by atoms with Crippen molar-refractivity contribution < 1.29 is 24.2 Å². The highest BCUT2D eigenvalue weighted by Gasteiger charge is 2.92. The number of epoxide rings is 2. The number of rotatable bonds is 2. The maximum Gasteiger partial charge on any atom is 0.205 e. The fourth-order valence-corrected chi connectivity index (χ4v) is 7.47. The van der Waals surface area contributed by atoms with Crippen molar-refractivity contribution in [3.05, 3.63) is 11.1 Å². The van der Waals surface area contributed by atoms with Gasteiger partial charge in [-0.15, -0.1) is 0 Å². The molecule has 0 radical (unpaired) electrons. The summed E-state index contributed by atoms with van der Waals surface area (Å²) in [5.41, 5.74) is -1.74. The zero-order valence-corrected chi connectivity index (χ0v) is 17.1. The van der Waals surface area contributed by atoms with Crippen LogP contribution in [0.25, 0.3) is 0 Å². The summed E-state index contributed by atoms with van der Waals surface area (Å²) in [5.74, 6) is -0.00561. The van der Waals surface area contributed by atoms with Gasteiger partial charge in [0.25, 0.3) is 0 Å². The Morgan fingerprint density at radius 2 is 1.96 bits per heavy atom. The summed E-state index contributed by atoms with van der Waals surface area (Å²) >= 11 is 0. The summed E-state index contributed by atoms with van der Waals surface area (Å²) in [6.45, 7) is 11.8. The number of ketones is 2. The van der Waals surface area contributed by atoms with Crippen molar-refractivity contribution in [3.63, 3.8) is 0 Å². The van der Waals surface area contributed by atoms with Crippen LogP contribution in [0, 0.1) is 23.2 Å². The van der Waals surface area contributed by atoms with Crippen molar-refractivity contribution in [2.75, 3.05) is 0 Å². The van der Waals surface area contributed by atoms with Crippen molar-refractivity contribution >= 4 is 11.6 Å². The average molecular weight is 374 g/mol. The molecule has 2 saturated heterocycles. The zero-order chi connectivity index (χ0) is 19.7. The number of hydrogen-bond acceptors (Lipinski definition) is 5. The Labute approximate surface area is 160 Å². The van der Waals surface area contributed by atoms with E-state index in [-0.39, 0.29) is 41.5 Å². The molecule has 1 unspecified atom stereocenters. The van der Waals surface area contributed by atoms with Crippen LogP contribution < -0.4 is 0 Å².